The van der Waals surface area contributed by atoms with Gasteiger partial charge in [0, 0.05) is 12.1 Å². The van der Waals surface area contributed by atoms with Gasteiger partial charge in [-0.15, -0.1) is 0 Å². The van der Waals surface area contributed by atoms with E-state index in [1.165, 1.54) is 45.2 Å². The van der Waals surface area contributed by atoms with Crippen molar-refractivity contribution in [3.8, 4) is 0 Å². The van der Waals surface area contributed by atoms with E-state index in [1.807, 2.05) is 0 Å². The summed E-state index contributed by atoms with van der Waals surface area (Å²) in [6.45, 7) is 11.7. The third-order valence-electron chi connectivity index (χ3n) is 4.73. The maximum absolute atomic E-state index is 5.59. The van der Waals surface area contributed by atoms with Crippen LogP contribution in [0.4, 0.5) is 0 Å². The molecule has 2 aliphatic heterocycles. The molecule has 2 aliphatic rings. The van der Waals surface area contributed by atoms with E-state index >= 15 is 0 Å². The van der Waals surface area contributed by atoms with Gasteiger partial charge in [-0.1, -0.05) is 13.3 Å². The minimum Gasteiger partial charge on any atom is -0.381 e. The molecule has 0 atom stereocenters. The second kappa shape index (κ2) is 4.66. The summed E-state index contributed by atoms with van der Waals surface area (Å²) in [4.78, 5) is 2.69. The number of hydrogen-bond donors (Lipinski definition) is 0. The lowest BCUT2D eigenvalue weighted by Gasteiger charge is -2.46. The monoisotopic (exact) mass is 225 g/mol. The van der Waals surface area contributed by atoms with Crippen molar-refractivity contribution in [2.24, 2.45) is 5.41 Å². The first-order chi connectivity index (χ1) is 7.58. The maximum Gasteiger partial charge on any atom is 0.0524 e. The molecule has 2 heterocycles. The lowest BCUT2D eigenvalue weighted by atomic mass is 9.76. The highest BCUT2D eigenvalue weighted by molar-refractivity contribution is 4.93. The standard InChI is InChI=1S/C14H27NO/c1-4-5-13(2,3)15-9-6-14(7-10-15)8-11-16-12-14/h4-12H2,1-3H3. The van der Waals surface area contributed by atoms with Gasteiger partial charge >= 0.3 is 0 Å². The van der Waals surface area contributed by atoms with Gasteiger partial charge in [-0.25, -0.2) is 0 Å². The topological polar surface area (TPSA) is 12.5 Å². The number of nitrogens with zero attached hydrogens (tertiary/aromatic N) is 1. The van der Waals surface area contributed by atoms with Crippen LogP contribution in [0, 0.1) is 5.41 Å². The molecule has 0 saturated carbocycles. The molecule has 2 fully saturated rings. The van der Waals surface area contributed by atoms with Gasteiger partial charge in [0.15, 0.2) is 0 Å². The summed E-state index contributed by atoms with van der Waals surface area (Å²) < 4.78 is 5.59. The Kier molecular flexibility index (Phi) is 3.60. The quantitative estimate of drug-likeness (QED) is 0.732. The van der Waals surface area contributed by atoms with Crippen molar-refractivity contribution in [2.75, 3.05) is 26.3 Å². The Bertz CT molecular complexity index is 221. The lowest BCUT2D eigenvalue weighted by Crippen LogP contribution is -2.50. The van der Waals surface area contributed by atoms with Crippen LogP contribution < -0.4 is 0 Å². The summed E-state index contributed by atoms with van der Waals surface area (Å²) in [5.41, 5.74) is 0.953. The summed E-state index contributed by atoms with van der Waals surface area (Å²) in [6, 6.07) is 0. The maximum atomic E-state index is 5.59. The Morgan fingerprint density at radius 3 is 2.38 bits per heavy atom. The molecular weight excluding hydrogens is 198 g/mol. The number of ether oxygens (including phenoxy) is 1. The van der Waals surface area contributed by atoms with Crippen LogP contribution in [0.2, 0.25) is 0 Å². The van der Waals surface area contributed by atoms with Gasteiger partial charge in [-0.3, -0.25) is 4.90 Å². The molecule has 0 aliphatic carbocycles. The Labute approximate surface area is 100 Å². The van der Waals surface area contributed by atoms with Crippen LogP contribution in [0.25, 0.3) is 0 Å². The fourth-order valence-corrected chi connectivity index (χ4v) is 3.40. The third-order valence-corrected chi connectivity index (χ3v) is 4.73. The zero-order valence-electron chi connectivity index (χ0n) is 11.2. The second-order valence-corrected chi connectivity index (χ2v) is 6.35. The van der Waals surface area contributed by atoms with E-state index in [0.29, 0.717) is 11.0 Å². The number of piperidine rings is 1. The number of rotatable bonds is 3. The van der Waals surface area contributed by atoms with Gasteiger partial charge in [-0.05, 0) is 58.0 Å². The van der Waals surface area contributed by atoms with Crippen molar-refractivity contribution in [2.45, 2.75) is 58.4 Å². The fraction of sp³-hybridized carbons (Fsp3) is 1.00. The molecule has 2 heteroatoms. The molecule has 16 heavy (non-hydrogen) atoms. The van der Waals surface area contributed by atoms with Crippen molar-refractivity contribution >= 4 is 0 Å². The van der Waals surface area contributed by atoms with E-state index < -0.39 is 0 Å². The van der Waals surface area contributed by atoms with Crippen LogP contribution in [0.1, 0.15) is 52.9 Å². The van der Waals surface area contributed by atoms with Crippen LogP contribution in [-0.4, -0.2) is 36.7 Å². The summed E-state index contributed by atoms with van der Waals surface area (Å²) in [7, 11) is 0. The average Bonchev–Trinajstić information content (AvgIpc) is 2.67. The van der Waals surface area contributed by atoms with Crippen molar-refractivity contribution in [3.63, 3.8) is 0 Å². The van der Waals surface area contributed by atoms with Gasteiger partial charge in [0.25, 0.3) is 0 Å². The molecule has 0 bridgehead atoms. The minimum atomic E-state index is 0.399. The first-order valence-electron chi connectivity index (χ1n) is 6.91. The summed E-state index contributed by atoms with van der Waals surface area (Å²) in [6.07, 6.45) is 6.60. The molecule has 2 saturated heterocycles. The van der Waals surface area contributed by atoms with Crippen LogP contribution >= 0.6 is 0 Å². The van der Waals surface area contributed by atoms with Gasteiger partial charge < -0.3 is 4.74 Å². The molecule has 0 aromatic heterocycles. The molecule has 0 amide bonds. The summed E-state index contributed by atoms with van der Waals surface area (Å²) in [5, 5.41) is 0. The van der Waals surface area contributed by atoms with Gasteiger partial charge in [0.2, 0.25) is 0 Å². The normalized spacial score (nSPS) is 26.4. The first kappa shape index (κ1) is 12.4. The minimum absolute atomic E-state index is 0.399. The second-order valence-electron chi connectivity index (χ2n) is 6.35. The Morgan fingerprint density at radius 2 is 1.88 bits per heavy atom. The van der Waals surface area contributed by atoms with Crippen LogP contribution in [0.5, 0.6) is 0 Å². The summed E-state index contributed by atoms with van der Waals surface area (Å²) in [5.74, 6) is 0. The molecule has 0 aromatic rings. The number of likely N-dealkylation sites (tertiary alicyclic amines) is 1. The van der Waals surface area contributed by atoms with Crippen LogP contribution in [-0.2, 0) is 4.74 Å². The van der Waals surface area contributed by atoms with Gasteiger partial charge in [0.1, 0.15) is 0 Å². The van der Waals surface area contributed by atoms with Crippen molar-refractivity contribution in [1.82, 2.24) is 4.90 Å². The summed E-state index contributed by atoms with van der Waals surface area (Å²) >= 11 is 0. The van der Waals surface area contributed by atoms with Gasteiger partial charge in [-0.2, -0.15) is 0 Å². The van der Waals surface area contributed by atoms with Crippen molar-refractivity contribution in [3.05, 3.63) is 0 Å². The number of hydrogen-bond acceptors (Lipinski definition) is 2. The van der Waals surface area contributed by atoms with E-state index in [1.54, 1.807) is 0 Å². The zero-order valence-corrected chi connectivity index (χ0v) is 11.2. The molecule has 0 N–H and O–H groups in total. The molecule has 2 rings (SSSR count). The first-order valence-corrected chi connectivity index (χ1v) is 6.91. The SMILES string of the molecule is CCCC(C)(C)N1CCC2(CCOC2)CC1. The molecule has 0 unspecified atom stereocenters. The smallest absolute Gasteiger partial charge is 0.0524 e. The highest BCUT2D eigenvalue weighted by Crippen LogP contribution is 2.41. The molecule has 0 aromatic carbocycles. The zero-order chi connectivity index (χ0) is 11.6. The highest BCUT2D eigenvalue weighted by atomic mass is 16.5. The van der Waals surface area contributed by atoms with E-state index in [4.69, 9.17) is 4.74 Å². The highest BCUT2D eigenvalue weighted by Gasteiger charge is 2.40. The predicted molar refractivity (Wildman–Crippen MR) is 67.7 cm³/mol. The van der Waals surface area contributed by atoms with Crippen molar-refractivity contribution in [1.29, 1.82) is 0 Å². The predicted octanol–water partition coefficient (Wildman–Crippen LogP) is 3.07. The molecule has 1 spiro atoms. The van der Waals surface area contributed by atoms with E-state index in [9.17, 15) is 0 Å². The Hall–Kier alpha value is -0.0800. The fourth-order valence-electron chi connectivity index (χ4n) is 3.40. The van der Waals surface area contributed by atoms with E-state index in [2.05, 4.69) is 25.7 Å². The van der Waals surface area contributed by atoms with Crippen LogP contribution in [0.3, 0.4) is 0 Å². The Morgan fingerprint density at radius 1 is 1.19 bits per heavy atom. The average molecular weight is 225 g/mol. The molecule has 94 valence electrons. The molecule has 2 nitrogen and oxygen atoms in total. The molecular formula is C14H27NO. The van der Waals surface area contributed by atoms with Gasteiger partial charge in [0.05, 0.1) is 6.61 Å². The Balaban J connectivity index is 1.89. The molecule has 0 radical (unpaired) electrons. The van der Waals surface area contributed by atoms with E-state index in [-0.39, 0.29) is 0 Å². The van der Waals surface area contributed by atoms with E-state index in [0.717, 1.165) is 13.2 Å². The lowest BCUT2D eigenvalue weighted by molar-refractivity contribution is 0.0231. The van der Waals surface area contributed by atoms with Crippen molar-refractivity contribution < 1.29 is 4.74 Å². The van der Waals surface area contributed by atoms with Crippen LogP contribution in [0.15, 0.2) is 0 Å². The third kappa shape index (κ3) is 2.43. The largest absolute Gasteiger partial charge is 0.381 e.